The molecule has 0 bridgehead atoms. The normalized spacial score (nSPS) is 10.8. The van der Waals surface area contributed by atoms with Crippen LogP contribution >= 0.6 is 27.5 Å². The molecule has 1 nitrogen and oxygen atoms in total. The van der Waals surface area contributed by atoms with Gasteiger partial charge in [0.25, 0.3) is 0 Å². The minimum atomic E-state index is -0.435. The molecule has 3 rings (SSSR count). The van der Waals surface area contributed by atoms with Crippen molar-refractivity contribution >= 4 is 38.3 Å². The van der Waals surface area contributed by atoms with Gasteiger partial charge in [0.1, 0.15) is 18.2 Å². The van der Waals surface area contributed by atoms with Crippen LogP contribution in [0, 0.1) is 5.82 Å². The summed E-state index contributed by atoms with van der Waals surface area (Å²) >= 11 is 9.48. The summed E-state index contributed by atoms with van der Waals surface area (Å²) in [4.78, 5) is 0. The van der Waals surface area contributed by atoms with Gasteiger partial charge in [-0.2, -0.15) is 0 Å². The number of benzene rings is 3. The Morgan fingerprint density at radius 2 is 1.81 bits per heavy atom. The zero-order valence-electron chi connectivity index (χ0n) is 10.9. The number of rotatable bonds is 3. The predicted octanol–water partition coefficient (Wildman–Crippen LogP) is 5.97. The maximum atomic E-state index is 13.4. The quantitative estimate of drug-likeness (QED) is 0.555. The summed E-state index contributed by atoms with van der Waals surface area (Å²) in [6.45, 7) is 0.216. The van der Waals surface area contributed by atoms with Crippen molar-refractivity contribution in [3.8, 4) is 5.75 Å². The Labute approximate surface area is 135 Å². The van der Waals surface area contributed by atoms with Gasteiger partial charge in [-0.05, 0) is 38.8 Å². The molecule has 21 heavy (non-hydrogen) atoms. The fraction of sp³-hybridized carbons (Fsp3) is 0.0588. The van der Waals surface area contributed by atoms with E-state index in [1.165, 1.54) is 6.07 Å². The Bertz CT molecular complexity index is 804. The molecule has 0 heterocycles. The number of hydrogen-bond acceptors (Lipinski definition) is 1. The monoisotopic (exact) mass is 364 g/mol. The lowest BCUT2D eigenvalue weighted by Crippen LogP contribution is -1.98. The van der Waals surface area contributed by atoms with Gasteiger partial charge in [0.05, 0.1) is 9.50 Å². The van der Waals surface area contributed by atoms with Crippen molar-refractivity contribution in [2.45, 2.75) is 6.61 Å². The molecule has 3 aromatic rings. The van der Waals surface area contributed by atoms with Gasteiger partial charge < -0.3 is 4.74 Å². The van der Waals surface area contributed by atoms with Crippen LogP contribution in [0.1, 0.15) is 5.56 Å². The van der Waals surface area contributed by atoms with Crippen LogP contribution in [0.3, 0.4) is 0 Å². The zero-order chi connectivity index (χ0) is 14.8. The van der Waals surface area contributed by atoms with Crippen LogP contribution in [0.5, 0.6) is 5.75 Å². The second kappa shape index (κ2) is 6.04. The Kier molecular flexibility index (Phi) is 4.13. The highest BCUT2D eigenvalue weighted by Gasteiger charge is 2.09. The lowest BCUT2D eigenvalue weighted by atomic mass is 10.1. The van der Waals surface area contributed by atoms with E-state index in [9.17, 15) is 4.39 Å². The van der Waals surface area contributed by atoms with E-state index < -0.39 is 5.82 Å². The molecule has 0 aliphatic rings. The summed E-state index contributed by atoms with van der Waals surface area (Å²) in [5.41, 5.74) is 0.622. The van der Waals surface area contributed by atoms with E-state index in [-0.39, 0.29) is 11.6 Å². The van der Waals surface area contributed by atoms with Crippen molar-refractivity contribution in [3.63, 3.8) is 0 Å². The van der Waals surface area contributed by atoms with Gasteiger partial charge in [-0.3, -0.25) is 0 Å². The molecular formula is C17H11BrClFO. The summed E-state index contributed by atoms with van der Waals surface area (Å²) in [6, 6.07) is 16.6. The first-order valence-electron chi connectivity index (χ1n) is 6.40. The van der Waals surface area contributed by atoms with Crippen LogP contribution in [-0.2, 0) is 6.61 Å². The van der Waals surface area contributed by atoms with E-state index >= 15 is 0 Å². The third kappa shape index (κ3) is 2.89. The largest absolute Gasteiger partial charge is 0.488 e. The van der Waals surface area contributed by atoms with Crippen LogP contribution in [0.25, 0.3) is 10.8 Å². The molecule has 0 fully saturated rings. The first-order valence-corrected chi connectivity index (χ1v) is 7.57. The molecular weight excluding hydrogens is 355 g/mol. The first-order chi connectivity index (χ1) is 10.2. The predicted molar refractivity (Wildman–Crippen MR) is 87.4 cm³/mol. The number of hydrogen-bond donors (Lipinski definition) is 0. The maximum Gasteiger partial charge on any atom is 0.142 e. The van der Waals surface area contributed by atoms with Crippen molar-refractivity contribution in [2.24, 2.45) is 0 Å². The van der Waals surface area contributed by atoms with Crippen LogP contribution in [-0.4, -0.2) is 0 Å². The summed E-state index contributed by atoms with van der Waals surface area (Å²) in [5, 5.41) is 2.30. The highest BCUT2D eigenvalue weighted by atomic mass is 79.9. The third-order valence-corrected chi connectivity index (χ3v) is 4.48. The topological polar surface area (TPSA) is 9.23 Å². The molecule has 0 spiro atoms. The van der Waals surface area contributed by atoms with E-state index in [0.717, 1.165) is 15.2 Å². The van der Waals surface area contributed by atoms with Gasteiger partial charge >= 0.3 is 0 Å². The Morgan fingerprint density at radius 1 is 1.00 bits per heavy atom. The average Bonchev–Trinajstić information content (AvgIpc) is 2.51. The van der Waals surface area contributed by atoms with Gasteiger partial charge in [-0.15, -0.1) is 0 Å². The molecule has 106 valence electrons. The third-order valence-electron chi connectivity index (χ3n) is 3.24. The first kappa shape index (κ1) is 14.4. The highest BCUT2D eigenvalue weighted by Crippen LogP contribution is 2.34. The molecule has 0 aliphatic carbocycles. The van der Waals surface area contributed by atoms with Gasteiger partial charge in [-0.25, -0.2) is 4.39 Å². The minimum absolute atomic E-state index is 0.106. The summed E-state index contributed by atoms with van der Waals surface area (Å²) in [7, 11) is 0. The molecule has 0 radical (unpaired) electrons. The second-order valence-electron chi connectivity index (χ2n) is 4.60. The maximum absolute atomic E-state index is 13.4. The lowest BCUT2D eigenvalue weighted by molar-refractivity contribution is 0.304. The smallest absolute Gasteiger partial charge is 0.142 e. The molecule has 0 unspecified atom stereocenters. The van der Waals surface area contributed by atoms with E-state index in [4.69, 9.17) is 16.3 Å². The molecule has 3 aromatic carbocycles. The molecule has 0 atom stereocenters. The van der Waals surface area contributed by atoms with Crippen molar-refractivity contribution in [2.75, 3.05) is 0 Å². The number of fused-ring (bicyclic) bond motifs is 1. The van der Waals surface area contributed by atoms with Gasteiger partial charge in [0, 0.05) is 5.56 Å². The van der Waals surface area contributed by atoms with E-state index in [1.54, 1.807) is 12.1 Å². The molecule has 0 saturated heterocycles. The SMILES string of the molecule is Fc1cccc(COc2ccc3ccccc3c2Br)c1Cl. The van der Waals surface area contributed by atoms with Crippen molar-refractivity contribution < 1.29 is 9.13 Å². The standard InChI is InChI=1S/C17H11BrClFO/c18-16-13-6-2-1-4-11(13)8-9-15(16)21-10-12-5-3-7-14(20)17(12)19/h1-9H,10H2. The van der Waals surface area contributed by atoms with E-state index in [2.05, 4.69) is 15.9 Å². The second-order valence-corrected chi connectivity index (χ2v) is 5.77. The van der Waals surface area contributed by atoms with Crippen molar-refractivity contribution in [3.05, 3.63) is 75.5 Å². The Morgan fingerprint density at radius 3 is 2.67 bits per heavy atom. The van der Waals surface area contributed by atoms with Crippen LogP contribution in [0.4, 0.5) is 4.39 Å². The van der Waals surface area contributed by atoms with E-state index in [1.807, 2.05) is 36.4 Å². The van der Waals surface area contributed by atoms with Crippen LogP contribution < -0.4 is 4.74 Å². The van der Waals surface area contributed by atoms with Crippen molar-refractivity contribution in [1.82, 2.24) is 0 Å². The Hall–Kier alpha value is -1.58. The van der Waals surface area contributed by atoms with Gasteiger partial charge in [0.15, 0.2) is 0 Å². The molecule has 4 heteroatoms. The molecule has 0 aromatic heterocycles. The summed E-state index contributed by atoms with van der Waals surface area (Å²) in [6.07, 6.45) is 0. The molecule has 0 N–H and O–H groups in total. The van der Waals surface area contributed by atoms with Crippen molar-refractivity contribution in [1.29, 1.82) is 0 Å². The Balaban J connectivity index is 1.89. The van der Waals surface area contributed by atoms with Crippen LogP contribution in [0.15, 0.2) is 59.1 Å². The van der Waals surface area contributed by atoms with Gasteiger partial charge in [-0.1, -0.05) is 54.1 Å². The fourth-order valence-corrected chi connectivity index (χ4v) is 2.93. The zero-order valence-corrected chi connectivity index (χ0v) is 13.3. The van der Waals surface area contributed by atoms with E-state index in [0.29, 0.717) is 11.3 Å². The minimum Gasteiger partial charge on any atom is -0.488 e. The van der Waals surface area contributed by atoms with Gasteiger partial charge in [0.2, 0.25) is 0 Å². The average molecular weight is 366 g/mol. The summed E-state index contributed by atoms with van der Waals surface area (Å²) < 4.78 is 20.0. The summed E-state index contributed by atoms with van der Waals surface area (Å²) in [5.74, 6) is 0.268. The fourth-order valence-electron chi connectivity index (χ4n) is 2.14. The highest BCUT2D eigenvalue weighted by molar-refractivity contribution is 9.10. The number of halogens is 3. The molecule has 0 saturated carbocycles. The number of ether oxygens (including phenoxy) is 1. The molecule has 0 amide bonds. The van der Waals surface area contributed by atoms with Crippen LogP contribution in [0.2, 0.25) is 5.02 Å². The molecule has 0 aliphatic heterocycles. The lowest BCUT2D eigenvalue weighted by Gasteiger charge is -2.11.